The molecule has 0 saturated heterocycles. The molecule has 0 fully saturated rings. The third-order valence-corrected chi connectivity index (χ3v) is 3.92. The van der Waals surface area contributed by atoms with Gasteiger partial charge in [0.05, 0.1) is 11.6 Å². The maximum atomic E-state index is 5.95. The van der Waals surface area contributed by atoms with Crippen molar-refractivity contribution in [1.29, 1.82) is 0 Å². The van der Waals surface area contributed by atoms with Gasteiger partial charge in [0, 0.05) is 11.1 Å². The van der Waals surface area contributed by atoms with Crippen LogP contribution >= 0.6 is 39.9 Å². The van der Waals surface area contributed by atoms with Gasteiger partial charge in [-0.1, -0.05) is 30.3 Å². The van der Waals surface area contributed by atoms with Crippen LogP contribution in [0, 0.1) is 13.8 Å². The first-order valence-electron chi connectivity index (χ1n) is 6.01. The molecule has 0 atom stereocenters. The Morgan fingerprint density at radius 2 is 1.85 bits per heavy atom. The monoisotopic (exact) mass is 375 g/mol. The molecule has 0 saturated carbocycles. The standard InChI is InChI=1S/C15H15BrClNO.ClH/c1-10-13(8-17)15(16)18-11(2)14(10)19-9-12-6-4-3-5-7-12;/h3-7H,8-9H2,1-2H3;1H. The lowest BCUT2D eigenvalue weighted by Crippen LogP contribution is -2.03. The van der Waals surface area contributed by atoms with E-state index >= 15 is 0 Å². The van der Waals surface area contributed by atoms with Crippen LogP contribution in [0.4, 0.5) is 0 Å². The van der Waals surface area contributed by atoms with Crippen molar-refractivity contribution < 1.29 is 4.74 Å². The molecule has 0 unspecified atom stereocenters. The molecule has 0 radical (unpaired) electrons. The van der Waals surface area contributed by atoms with E-state index in [1.807, 2.05) is 44.2 Å². The molecule has 0 aliphatic carbocycles. The van der Waals surface area contributed by atoms with E-state index in [1.54, 1.807) is 0 Å². The molecule has 108 valence electrons. The van der Waals surface area contributed by atoms with E-state index in [9.17, 15) is 0 Å². The summed E-state index contributed by atoms with van der Waals surface area (Å²) >= 11 is 9.39. The highest BCUT2D eigenvalue weighted by molar-refractivity contribution is 9.10. The maximum Gasteiger partial charge on any atom is 0.144 e. The topological polar surface area (TPSA) is 22.1 Å². The number of hydrogen-bond acceptors (Lipinski definition) is 2. The third-order valence-electron chi connectivity index (χ3n) is 3.00. The van der Waals surface area contributed by atoms with Crippen LogP contribution in [-0.2, 0) is 12.5 Å². The minimum Gasteiger partial charge on any atom is -0.487 e. The SMILES string of the molecule is Cc1nc(Br)c(CCl)c(C)c1OCc1ccccc1.Cl. The largest absolute Gasteiger partial charge is 0.487 e. The molecule has 0 spiro atoms. The summed E-state index contributed by atoms with van der Waals surface area (Å²) in [6.07, 6.45) is 0. The van der Waals surface area contributed by atoms with E-state index in [4.69, 9.17) is 16.3 Å². The molecule has 2 aromatic rings. The Bertz CT molecular complexity index is 576. The Morgan fingerprint density at radius 1 is 1.20 bits per heavy atom. The van der Waals surface area contributed by atoms with Gasteiger partial charge in [-0.15, -0.1) is 24.0 Å². The fraction of sp³-hybridized carbons (Fsp3) is 0.267. The second-order valence-electron chi connectivity index (χ2n) is 4.33. The van der Waals surface area contributed by atoms with Crippen molar-refractivity contribution in [3.8, 4) is 5.75 Å². The fourth-order valence-corrected chi connectivity index (χ4v) is 3.12. The summed E-state index contributed by atoms with van der Waals surface area (Å²) in [6, 6.07) is 10.1. The van der Waals surface area contributed by atoms with Crippen LogP contribution in [0.5, 0.6) is 5.75 Å². The molecular formula is C15H16BrCl2NO. The number of benzene rings is 1. The first-order valence-corrected chi connectivity index (χ1v) is 7.34. The molecule has 2 rings (SSSR count). The van der Waals surface area contributed by atoms with E-state index in [1.165, 1.54) is 0 Å². The zero-order valence-electron chi connectivity index (χ0n) is 11.3. The molecule has 0 aliphatic heterocycles. The van der Waals surface area contributed by atoms with Crippen molar-refractivity contribution in [1.82, 2.24) is 4.98 Å². The van der Waals surface area contributed by atoms with Crippen molar-refractivity contribution in [2.24, 2.45) is 0 Å². The molecule has 0 amide bonds. The number of halogens is 3. The highest BCUT2D eigenvalue weighted by atomic mass is 79.9. The lowest BCUT2D eigenvalue weighted by Gasteiger charge is -2.15. The number of alkyl halides is 1. The lowest BCUT2D eigenvalue weighted by molar-refractivity contribution is 0.300. The summed E-state index contributed by atoms with van der Waals surface area (Å²) in [6.45, 7) is 4.49. The van der Waals surface area contributed by atoms with Gasteiger partial charge in [0.25, 0.3) is 0 Å². The predicted molar refractivity (Wildman–Crippen MR) is 89.0 cm³/mol. The van der Waals surface area contributed by atoms with E-state index in [2.05, 4.69) is 20.9 Å². The van der Waals surface area contributed by atoms with E-state index < -0.39 is 0 Å². The van der Waals surface area contributed by atoms with Gasteiger partial charge in [0.1, 0.15) is 17.0 Å². The number of aromatic nitrogens is 1. The number of nitrogens with zero attached hydrogens (tertiary/aromatic N) is 1. The first kappa shape index (κ1) is 17.3. The van der Waals surface area contributed by atoms with Crippen molar-refractivity contribution in [3.63, 3.8) is 0 Å². The summed E-state index contributed by atoms with van der Waals surface area (Å²) in [5, 5.41) is 0. The van der Waals surface area contributed by atoms with Crippen molar-refractivity contribution in [3.05, 3.63) is 57.3 Å². The van der Waals surface area contributed by atoms with Crippen LogP contribution in [0.15, 0.2) is 34.9 Å². The number of hydrogen-bond donors (Lipinski definition) is 0. The second-order valence-corrected chi connectivity index (χ2v) is 5.35. The second kappa shape index (κ2) is 7.87. The Labute approximate surface area is 139 Å². The summed E-state index contributed by atoms with van der Waals surface area (Å²) in [5.41, 5.74) is 4.03. The van der Waals surface area contributed by atoms with Gasteiger partial charge in [-0.3, -0.25) is 0 Å². The zero-order valence-corrected chi connectivity index (χ0v) is 14.5. The van der Waals surface area contributed by atoms with Gasteiger partial charge in [-0.25, -0.2) is 4.98 Å². The predicted octanol–water partition coefficient (Wildman–Crippen LogP) is 5.20. The maximum absolute atomic E-state index is 5.95. The molecule has 0 aliphatic rings. The first-order chi connectivity index (χ1) is 9.13. The average molecular weight is 377 g/mol. The molecule has 2 nitrogen and oxygen atoms in total. The van der Waals surface area contributed by atoms with Crippen molar-refractivity contribution in [2.75, 3.05) is 0 Å². The minimum atomic E-state index is 0. The number of aryl methyl sites for hydroxylation is 1. The van der Waals surface area contributed by atoms with Gasteiger partial charge in [-0.05, 0) is 35.3 Å². The highest BCUT2D eigenvalue weighted by Gasteiger charge is 2.13. The lowest BCUT2D eigenvalue weighted by atomic mass is 10.1. The van der Waals surface area contributed by atoms with Crippen LogP contribution in [0.2, 0.25) is 0 Å². The number of rotatable bonds is 4. The Kier molecular flexibility index (Phi) is 6.80. The Morgan fingerprint density at radius 3 is 2.45 bits per heavy atom. The zero-order chi connectivity index (χ0) is 13.8. The molecule has 0 bridgehead atoms. The molecule has 0 N–H and O–H groups in total. The van der Waals surface area contributed by atoms with Gasteiger partial charge in [-0.2, -0.15) is 0 Å². The summed E-state index contributed by atoms with van der Waals surface area (Å²) in [7, 11) is 0. The van der Waals surface area contributed by atoms with Crippen LogP contribution in [0.1, 0.15) is 22.4 Å². The minimum absolute atomic E-state index is 0. The molecule has 1 heterocycles. The van der Waals surface area contributed by atoms with Gasteiger partial charge in [0.15, 0.2) is 0 Å². The molecule has 1 aromatic carbocycles. The summed E-state index contributed by atoms with van der Waals surface area (Å²) < 4.78 is 6.71. The molecule has 1 aromatic heterocycles. The number of pyridine rings is 1. The van der Waals surface area contributed by atoms with E-state index in [-0.39, 0.29) is 12.4 Å². The van der Waals surface area contributed by atoms with Crippen molar-refractivity contribution in [2.45, 2.75) is 26.3 Å². The van der Waals surface area contributed by atoms with Gasteiger partial charge < -0.3 is 4.74 Å². The molecule has 20 heavy (non-hydrogen) atoms. The van der Waals surface area contributed by atoms with Gasteiger partial charge >= 0.3 is 0 Å². The normalized spacial score (nSPS) is 10.0. The average Bonchev–Trinajstić information content (AvgIpc) is 2.39. The third kappa shape index (κ3) is 3.87. The van der Waals surface area contributed by atoms with E-state index in [0.29, 0.717) is 12.5 Å². The fourth-order valence-electron chi connectivity index (χ4n) is 1.93. The van der Waals surface area contributed by atoms with Crippen LogP contribution in [0.3, 0.4) is 0 Å². The van der Waals surface area contributed by atoms with Gasteiger partial charge in [0.2, 0.25) is 0 Å². The smallest absolute Gasteiger partial charge is 0.144 e. The van der Waals surface area contributed by atoms with Crippen molar-refractivity contribution >= 4 is 39.9 Å². The van der Waals surface area contributed by atoms with Crippen LogP contribution in [-0.4, -0.2) is 4.98 Å². The number of ether oxygens (including phenoxy) is 1. The Hall–Kier alpha value is -0.770. The molecule has 5 heteroatoms. The highest BCUT2D eigenvalue weighted by Crippen LogP contribution is 2.31. The van der Waals surface area contributed by atoms with Crippen LogP contribution < -0.4 is 4.74 Å². The summed E-state index contributed by atoms with van der Waals surface area (Å²) in [4.78, 5) is 4.42. The van der Waals surface area contributed by atoms with Crippen LogP contribution in [0.25, 0.3) is 0 Å². The molecular weight excluding hydrogens is 361 g/mol. The quantitative estimate of drug-likeness (QED) is 0.540. The van der Waals surface area contributed by atoms with E-state index in [0.717, 1.165) is 32.7 Å². The summed E-state index contributed by atoms with van der Waals surface area (Å²) in [5.74, 6) is 1.24. The Balaban J connectivity index is 0.00000200.